The van der Waals surface area contributed by atoms with Crippen LogP contribution in [0.2, 0.25) is 0 Å². The third-order valence-corrected chi connectivity index (χ3v) is 6.69. The number of esters is 1. The monoisotopic (exact) mass is 498 g/mol. The van der Waals surface area contributed by atoms with Crippen LogP contribution in [0.15, 0.2) is 0 Å². The first-order valence-electron chi connectivity index (χ1n) is 15.6. The van der Waals surface area contributed by atoms with E-state index in [1.54, 1.807) is 0 Å². The van der Waals surface area contributed by atoms with Crippen LogP contribution >= 0.6 is 0 Å². The molecule has 4 nitrogen and oxygen atoms in total. The minimum atomic E-state index is -0.0853. The van der Waals surface area contributed by atoms with Gasteiger partial charge >= 0.3 is 5.97 Å². The van der Waals surface area contributed by atoms with Crippen LogP contribution < -0.4 is 0 Å². The molecular weight excluding hydrogens is 436 g/mol. The van der Waals surface area contributed by atoms with Crippen molar-refractivity contribution in [2.75, 3.05) is 33.0 Å². The summed E-state index contributed by atoms with van der Waals surface area (Å²) in [6.45, 7) is 7.79. The lowest BCUT2D eigenvalue weighted by molar-refractivity contribution is -0.144. The molecule has 0 atom stereocenters. The molecule has 0 bridgehead atoms. The standard InChI is InChI=1S/C31H62O4/c1-3-5-7-9-10-11-12-13-14-15-16-17-18-19-21-23-28-35-31(32)25-24-27-34-30-29-33-26-22-20-8-6-4-2/h3-30H2,1-2H3. The van der Waals surface area contributed by atoms with E-state index in [1.807, 2.05) is 0 Å². The second kappa shape index (κ2) is 31.4. The zero-order chi connectivity index (χ0) is 25.5. The summed E-state index contributed by atoms with van der Waals surface area (Å²) in [5.41, 5.74) is 0. The fourth-order valence-electron chi connectivity index (χ4n) is 4.36. The van der Waals surface area contributed by atoms with Gasteiger partial charge < -0.3 is 14.2 Å². The summed E-state index contributed by atoms with van der Waals surface area (Å²) in [5.74, 6) is -0.0853. The fourth-order valence-corrected chi connectivity index (χ4v) is 4.36. The SMILES string of the molecule is CCCCCCCCCCCCCCCCCCOC(=O)CCCOCCOCCCCCCC. The molecule has 0 aromatic carbocycles. The van der Waals surface area contributed by atoms with Crippen LogP contribution in [0.5, 0.6) is 0 Å². The van der Waals surface area contributed by atoms with E-state index in [1.165, 1.54) is 122 Å². The minimum Gasteiger partial charge on any atom is -0.466 e. The summed E-state index contributed by atoms with van der Waals surface area (Å²) in [5, 5.41) is 0. The number of hydrogen-bond donors (Lipinski definition) is 0. The van der Waals surface area contributed by atoms with Gasteiger partial charge in [0, 0.05) is 19.6 Å². The number of carbonyl (C=O) groups excluding carboxylic acids is 1. The van der Waals surface area contributed by atoms with Crippen LogP contribution in [-0.4, -0.2) is 39.0 Å². The van der Waals surface area contributed by atoms with Gasteiger partial charge in [0.2, 0.25) is 0 Å². The highest BCUT2D eigenvalue weighted by molar-refractivity contribution is 5.69. The molecule has 35 heavy (non-hydrogen) atoms. The molecule has 0 rings (SSSR count). The van der Waals surface area contributed by atoms with Gasteiger partial charge in [-0.05, 0) is 19.3 Å². The van der Waals surface area contributed by atoms with Crippen LogP contribution in [0.3, 0.4) is 0 Å². The molecule has 0 spiro atoms. The van der Waals surface area contributed by atoms with Crippen molar-refractivity contribution < 1.29 is 19.0 Å². The molecule has 0 aliphatic rings. The van der Waals surface area contributed by atoms with Gasteiger partial charge in [0.1, 0.15) is 0 Å². The van der Waals surface area contributed by atoms with Gasteiger partial charge in [-0.25, -0.2) is 0 Å². The van der Waals surface area contributed by atoms with Gasteiger partial charge in [-0.15, -0.1) is 0 Å². The van der Waals surface area contributed by atoms with Gasteiger partial charge in [0.05, 0.1) is 19.8 Å². The first-order chi connectivity index (χ1) is 17.3. The highest BCUT2D eigenvalue weighted by Crippen LogP contribution is 2.13. The van der Waals surface area contributed by atoms with Crippen LogP contribution in [0.25, 0.3) is 0 Å². The Kier molecular flexibility index (Phi) is 30.9. The minimum absolute atomic E-state index is 0.0853. The maximum Gasteiger partial charge on any atom is 0.305 e. The molecule has 0 saturated heterocycles. The van der Waals surface area contributed by atoms with Crippen molar-refractivity contribution in [3.05, 3.63) is 0 Å². The fraction of sp³-hybridized carbons (Fsp3) is 0.968. The topological polar surface area (TPSA) is 44.8 Å². The quantitative estimate of drug-likeness (QED) is 0.0730. The van der Waals surface area contributed by atoms with Crippen molar-refractivity contribution in [3.63, 3.8) is 0 Å². The Morgan fingerprint density at radius 1 is 0.400 bits per heavy atom. The average molecular weight is 499 g/mol. The van der Waals surface area contributed by atoms with Crippen LogP contribution in [-0.2, 0) is 19.0 Å². The van der Waals surface area contributed by atoms with E-state index in [4.69, 9.17) is 14.2 Å². The number of rotatable bonds is 30. The lowest BCUT2D eigenvalue weighted by atomic mass is 10.0. The van der Waals surface area contributed by atoms with E-state index in [-0.39, 0.29) is 5.97 Å². The highest BCUT2D eigenvalue weighted by Gasteiger charge is 2.03. The molecular formula is C31H62O4. The summed E-state index contributed by atoms with van der Waals surface area (Å²) in [4.78, 5) is 11.8. The maximum absolute atomic E-state index is 11.8. The van der Waals surface area contributed by atoms with E-state index in [2.05, 4.69) is 13.8 Å². The number of ether oxygens (including phenoxy) is 3. The Morgan fingerprint density at radius 2 is 0.743 bits per heavy atom. The summed E-state index contributed by atoms with van der Waals surface area (Å²) < 4.78 is 16.4. The molecule has 0 fully saturated rings. The zero-order valence-corrected chi connectivity index (χ0v) is 23.9. The first kappa shape index (κ1) is 34.4. The van der Waals surface area contributed by atoms with Crippen molar-refractivity contribution in [2.45, 2.75) is 162 Å². The van der Waals surface area contributed by atoms with Crippen molar-refractivity contribution in [2.24, 2.45) is 0 Å². The van der Waals surface area contributed by atoms with Gasteiger partial charge in [-0.2, -0.15) is 0 Å². The van der Waals surface area contributed by atoms with Gasteiger partial charge in [0.25, 0.3) is 0 Å². The Morgan fingerprint density at radius 3 is 1.17 bits per heavy atom. The molecule has 0 aromatic heterocycles. The molecule has 0 radical (unpaired) electrons. The number of hydrogen-bond acceptors (Lipinski definition) is 4. The van der Waals surface area contributed by atoms with Crippen molar-refractivity contribution in [1.82, 2.24) is 0 Å². The Balaban J connectivity index is 3.13. The largest absolute Gasteiger partial charge is 0.466 e. The number of carbonyl (C=O) groups is 1. The molecule has 0 heterocycles. The van der Waals surface area contributed by atoms with Crippen LogP contribution in [0.4, 0.5) is 0 Å². The lowest BCUT2D eigenvalue weighted by Gasteiger charge is -2.07. The Hall–Kier alpha value is -0.610. The predicted octanol–water partition coefficient (Wildman–Crippen LogP) is 9.57. The van der Waals surface area contributed by atoms with Gasteiger partial charge in [-0.3, -0.25) is 4.79 Å². The van der Waals surface area contributed by atoms with Gasteiger partial charge in [-0.1, -0.05) is 136 Å². The van der Waals surface area contributed by atoms with E-state index < -0.39 is 0 Å². The van der Waals surface area contributed by atoms with Gasteiger partial charge in [0.15, 0.2) is 0 Å². The molecule has 0 unspecified atom stereocenters. The molecule has 0 aliphatic heterocycles. The van der Waals surface area contributed by atoms with Crippen molar-refractivity contribution >= 4 is 5.97 Å². The lowest BCUT2D eigenvalue weighted by Crippen LogP contribution is -2.09. The third kappa shape index (κ3) is 31.4. The summed E-state index contributed by atoms with van der Waals surface area (Å²) in [6.07, 6.45) is 29.2. The highest BCUT2D eigenvalue weighted by atomic mass is 16.5. The molecule has 4 heteroatoms. The smallest absolute Gasteiger partial charge is 0.305 e. The summed E-state index contributed by atoms with van der Waals surface area (Å²) in [6, 6.07) is 0. The second-order valence-electron chi connectivity index (χ2n) is 10.3. The van der Waals surface area contributed by atoms with E-state index in [0.29, 0.717) is 32.8 Å². The summed E-state index contributed by atoms with van der Waals surface area (Å²) >= 11 is 0. The molecule has 0 saturated carbocycles. The van der Waals surface area contributed by atoms with Crippen molar-refractivity contribution in [1.29, 1.82) is 0 Å². The summed E-state index contributed by atoms with van der Waals surface area (Å²) in [7, 11) is 0. The molecule has 0 N–H and O–H groups in total. The maximum atomic E-state index is 11.8. The zero-order valence-electron chi connectivity index (χ0n) is 23.9. The molecule has 0 amide bonds. The molecule has 210 valence electrons. The molecule has 0 aromatic rings. The van der Waals surface area contributed by atoms with Crippen LogP contribution in [0, 0.1) is 0 Å². The predicted molar refractivity (Wildman–Crippen MR) is 150 cm³/mol. The second-order valence-corrected chi connectivity index (χ2v) is 10.3. The Labute approximate surface area is 219 Å². The first-order valence-corrected chi connectivity index (χ1v) is 15.6. The van der Waals surface area contributed by atoms with E-state index in [9.17, 15) is 4.79 Å². The number of unbranched alkanes of at least 4 members (excludes halogenated alkanes) is 19. The van der Waals surface area contributed by atoms with E-state index >= 15 is 0 Å². The Bertz CT molecular complexity index is 399. The normalized spacial score (nSPS) is 11.3. The third-order valence-electron chi connectivity index (χ3n) is 6.69. The van der Waals surface area contributed by atoms with E-state index in [0.717, 1.165) is 25.9 Å². The average Bonchev–Trinajstić information content (AvgIpc) is 2.86. The molecule has 0 aliphatic carbocycles. The van der Waals surface area contributed by atoms with Crippen molar-refractivity contribution in [3.8, 4) is 0 Å². The van der Waals surface area contributed by atoms with Crippen LogP contribution in [0.1, 0.15) is 162 Å².